The molecule has 2 nitrogen and oxygen atoms in total. The summed E-state index contributed by atoms with van der Waals surface area (Å²) in [6, 6.07) is 2.86. The van der Waals surface area contributed by atoms with Gasteiger partial charge in [0.2, 0.25) is 0 Å². The molecule has 0 aliphatic heterocycles. The van der Waals surface area contributed by atoms with Gasteiger partial charge in [0.05, 0.1) is 18.2 Å². The van der Waals surface area contributed by atoms with Crippen LogP contribution in [0.15, 0.2) is 22.7 Å². The second-order valence-corrected chi connectivity index (χ2v) is 4.77. The maximum absolute atomic E-state index is 12.6. The number of hydrogen-bond acceptors (Lipinski definition) is 2. The summed E-state index contributed by atoms with van der Waals surface area (Å²) in [6.45, 7) is 2.70. The highest BCUT2D eigenvalue weighted by molar-refractivity contribution is 9.10. The van der Waals surface area contributed by atoms with Crippen molar-refractivity contribution in [3.8, 4) is 0 Å². The van der Waals surface area contributed by atoms with Crippen molar-refractivity contribution in [2.24, 2.45) is 5.73 Å². The van der Waals surface area contributed by atoms with Gasteiger partial charge in [-0.25, -0.2) is 0 Å². The molecular formula is C12H15BrF3NO. The van der Waals surface area contributed by atoms with Crippen molar-refractivity contribution in [1.82, 2.24) is 0 Å². The number of benzene rings is 1. The molecule has 18 heavy (non-hydrogen) atoms. The Morgan fingerprint density at radius 3 is 2.61 bits per heavy atom. The summed E-state index contributed by atoms with van der Waals surface area (Å²) in [6.07, 6.45) is -3.52. The Morgan fingerprint density at radius 2 is 2.06 bits per heavy atom. The van der Waals surface area contributed by atoms with E-state index in [1.54, 1.807) is 0 Å². The topological polar surface area (TPSA) is 35.2 Å². The van der Waals surface area contributed by atoms with Crippen LogP contribution in [0.25, 0.3) is 0 Å². The van der Waals surface area contributed by atoms with Gasteiger partial charge in [0.25, 0.3) is 0 Å². The lowest BCUT2D eigenvalue weighted by atomic mass is 10.0. The van der Waals surface area contributed by atoms with Crippen LogP contribution >= 0.6 is 15.9 Å². The number of ether oxygens (including phenoxy) is 1. The molecule has 0 aliphatic carbocycles. The van der Waals surface area contributed by atoms with Crippen molar-refractivity contribution >= 4 is 15.9 Å². The molecule has 1 atom stereocenters. The van der Waals surface area contributed by atoms with E-state index in [2.05, 4.69) is 15.9 Å². The van der Waals surface area contributed by atoms with E-state index >= 15 is 0 Å². The molecule has 0 saturated heterocycles. The van der Waals surface area contributed by atoms with Gasteiger partial charge in [-0.15, -0.1) is 0 Å². The molecule has 6 heteroatoms. The van der Waals surface area contributed by atoms with Crippen LogP contribution in [0.2, 0.25) is 0 Å². The summed E-state index contributed by atoms with van der Waals surface area (Å²) >= 11 is 3.20. The fourth-order valence-electron chi connectivity index (χ4n) is 1.45. The molecule has 1 rings (SSSR count). The van der Waals surface area contributed by atoms with Gasteiger partial charge in [0.15, 0.2) is 0 Å². The second-order valence-electron chi connectivity index (χ2n) is 3.92. The van der Waals surface area contributed by atoms with Crippen molar-refractivity contribution in [1.29, 1.82) is 0 Å². The zero-order chi connectivity index (χ0) is 13.8. The number of halogens is 4. The SMILES string of the molecule is CCCOCC(N)c1cc(C(F)(F)F)ccc1Br. The molecule has 0 fully saturated rings. The van der Waals surface area contributed by atoms with E-state index in [4.69, 9.17) is 10.5 Å². The van der Waals surface area contributed by atoms with E-state index in [-0.39, 0.29) is 6.61 Å². The Morgan fingerprint density at radius 1 is 1.39 bits per heavy atom. The van der Waals surface area contributed by atoms with Gasteiger partial charge in [-0.05, 0) is 30.2 Å². The van der Waals surface area contributed by atoms with Crippen LogP contribution in [0.4, 0.5) is 13.2 Å². The van der Waals surface area contributed by atoms with Gasteiger partial charge in [-0.2, -0.15) is 13.2 Å². The highest BCUT2D eigenvalue weighted by Gasteiger charge is 2.31. The number of alkyl halides is 3. The summed E-state index contributed by atoms with van der Waals surface area (Å²) in [5.74, 6) is 0. The van der Waals surface area contributed by atoms with Crippen molar-refractivity contribution < 1.29 is 17.9 Å². The Hall–Kier alpha value is -0.590. The monoisotopic (exact) mass is 325 g/mol. The first-order valence-corrected chi connectivity index (χ1v) is 6.35. The van der Waals surface area contributed by atoms with Gasteiger partial charge in [0.1, 0.15) is 0 Å². The summed E-state index contributed by atoms with van der Waals surface area (Å²) in [5.41, 5.74) is 5.53. The smallest absolute Gasteiger partial charge is 0.379 e. The second kappa shape index (κ2) is 6.54. The fraction of sp³-hybridized carbons (Fsp3) is 0.500. The summed E-state index contributed by atoms with van der Waals surface area (Å²) < 4.78 is 43.6. The predicted octanol–water partition coefficient (Wildman–Crippen LogP) is 3.89. The Kier molecular flexibility index (Phi) is 5.62. The number of nitrogens with two attached hydrogens (primary N) is 1. The van der Waals surface area contributed by atoms with Gasteiger partial charge in [-0.3, -0.25) is 0 Å². The van der Waals surface area contributed by atoms with Crippen LogP contribution in [0, 0.1) is 0 Å². The lowest BCUT2D eigenvalue weighted by Crippen LogP contribution is -2.19. The Bertz CT molecular complexity index is 395. The maximum Gasteiger partial charge on any atom is 0.416 e. The van der Waals surface area contributed by atoms with Crippen LogP contribution < -0.4 is 5.73 Å². The van der Waals surface area contributed by atoms with Crippen molar-refractivity contribution in [2.45, 2.75) is 25.6 Å². The number of rotatable bonds is 5. The third kappa shape index (κ3) is 4.26. The molecule has 0 amide bonds. The molecule has 0 spiro atoms. The van der Waals surface area contributed by atoms with Crippen LogP contribution in [0.1, 0.15) is 30.5 Å². The highest BCUT2D eigenvalue weighted by atomic mass is 79.9. The molecule has 0 bridgehead atoms. The van der Waals surface area contributed by atoms with Crippen LogP contribution in [0.5, 0.6) is 0 Å². The van der Waals surface area contributed by atoms with Gasteiger partial charge < -0.3 is 10.5 Å². The minimum Gasteiger partial charge on any atom is -0.379 e. The molecule has 1 aromatic carbocycles. The van der Waals surface area contributed by atoms with Gasteiger partial charge >= 0.3 is 6.18 Å². The van der Waals surface area contributed by atoms with Crippen LogP contribution in [0.3, 0.4) is 0 Å². The first-order valence-electron chi connectivity index (χ1n) is 5.56. The Labute approximate surface area is 112 Å². The minimum absolute atomic E-state index is 0.202. The molecule has 1 unspecified atom stereocenters. The van der Waals surface area contributed by atoms with E-state index in [0.717, 1.165) is 18.6 Å². The van der Waals surface area contributed by atoms with Gasteiger partial charge in [0, 0.05) is 11.1 Å². The fourth-order valence-corrected chi connectivity index (χ4v) is 1.99. The predicted molar refractivity (Wildman–Crippen MR) is 67.2 cm³/mol. The van der Waals surface area contributed by atoms with Crippen LogP contribution in [-0.2, 0) is 10.9 Å². The Balaban J connectivity index is 2.86. The third-order valence-corrected chi connectivity index (χ3v) is 3.09. The summed E-state index contributed by atoms with van der Waals surface area (Å²) in [4.78, 5) is 0. The van der Waals surface area contributed by atoms with Crippen molar-refractivity contribution in [2.75, 3.05) is 13.2 Å². The van der Waals surface area contributed by atoms with Crippen molar-refractivity contribution in [3.63, 3.8) is 0 Å². The largest absolute Gasteiger partial charge is 0.416 e. The highest BCUT2D eigenvalue weighted by Crippen LogP contribution is 2.33. The average molecular weight is 326 g/mol. The lowest BCUT2D eigenvalue weighted by molar-refractivity contribution is -0.137. The quantitative estimate of drug-likeness (QED) is 0.833. The molecule has 0 radical (unpaired) electrons. The van der Waals surface area contributed by atoms with E-state index in [9.17, 15) is 13.2 Å². The average Bonchev–Trinajstić information content (AvgIpc) is 2.28. The summed E-state index contributed by atoms with van der Waals surface area (Å²) in [7, 11) is 0. The molecule has 2 N–H and O–H groups in total. The normalized spacial score (nSPS) is 13.7. The number of hydrogen-bond donors (Lipinski definition) is 1. The first kappa shape index (κ1) is 15.5. The van der Waals surface area contributed by atoms with E-state index in [1.807, 2.05) is 6.92 Å². The van der Waals surface area contributed by atoms with E-state index in [1.165, 1.54) is 6.07 Å². The zero-order valence-corrected chi connectivity index (χ0v) is 11.5. The molecule has 0 aromatic heterocycles. The van der Waals surface area contributed by atoms with E-state index in [0.29, 0.717) is 16.6 Å². The standard InChI is InChI=1S/C12H15BrF3NO/c1-2-5-18-7-11(17)9-6-8(12(14,15)16)3-4-10(9)13/h3-4,6,11H,2,5,7,17H2,1H3. The maximum atomic E-state index is 12.6. The molecule has 0 heterocycles. The van der Waals surface area contributed by atoms with Crippen LogP contribution in [-0.4, -0.2) is 13.2 Å². The summed E-state index contributed by atoms with van der Waals surface area (Å²) in [5, 5.41) is 0. The van der Waals surface area contributed by atoms with Crippen molar-refractivity contribution in [3.05, 3.63) is 33.8 Å². The third-order valence-electron chi connectivity index (χ3n) is 2.37. The van der Waals surface area contributed by atoms with Gasteiger partial charge in [-0.1, -0.05) is 22.9 Å². The minimum atomic E-state index is -4.36. The molecular weight excluding hydrogens is 311 g/mol. The lowest BCUT2D eigenvalue weighted by Gasteiger charge is -2.16. The zero-order valence-electron chi connectivity index (χ0n) is 9.93. The first-order chi connectivity index (χ1) is 8.36. The van der Waals surface area contributed by atoms with E-state index < -0.39 is 17.8 Å². The molecule has 0 aliphatic rings. The molecule has 1 aromatic rings. The molecule has 0 saturated carbocycles. The molecule has 102 valence electrons.